The fourth-order valence-electron chi connectivity index (χ4n) is 2.38. The fourth-order valence-corrected chi connectivity index (χ4v) is 2.38. The Bertz CT molecular complexity index is 547. The van der Waals surface area contributed by atoms with E-state index < -0.39 is 30.8 Å². The summed E-state index contributed by atoms with van der Waals surface area (Å²) < 4.78 is 31.9. The Morgan fingerprint density at radius 2 is 2.23 bits per heavy atom. The fraction of sp³-hybridized carbons (Fsp3) is 0.562. The van der Waals surface area contributed by atoms with Crippen LogP contribution in [-0.2, 0) is 11.3 Å². The second-order valence-electron chi connectivity index (χ2n) is 5.99. The van der Waals surface area contributed by atoms with Crippen LogP contribution in [0.15, 0.2) is 18.2 Å². The van der Waals surface area contributed by atoms with Gasteiger partial charge in [0, 0.05) is 18.5 Å². The van der Waals surface area contributed by atoms with E-state index >= 15 is 0 Å². The van der Waals surface area contributed by atoms with E-state index in [1.165, 1.54) is 0 Å². The molecule has 0 spiro atoms. The third-order valence-corrected chi connectivity index (χ3v) is 3.46. The van der Waals surface area contributed by atoms with E-state index in [4.69, 9.17) is 4.74 Å². The Kier molecular flexibility index (Phi) is 5.01. The number of amides is 1. The number of rotatable bonds is 5. The summed E-state index contributed by atoms with van der Waals surface area (Å²) in [5.41, 5.74) is 1.89. The molecule has 0 bridgehead atoms. The highest BCUT2D eigenvalue weighted by Crippen LogP contribution is 2.25. The van der Waals surface area contributed by atoms with Gasteiger partial charge in [-0.3, -0.25) is 10.1 Å². The summed E-state index contributed by atoms with van der Waals surface area (Å²) in [6.45, 7) is 5.62. The molecular weight excluding hydrogens is 290 g/mol. The van der Waals surface area contributed by atoms with Gasteiger partial charge in [0.05, 0.1) is 18.7 Å². The van der Waals surface area contributed by atoms with Gasteiger partial charge in [0.25, 0.3) is 5.92 Å². The van der Waals surface area contributed by atoms with Gasteiger partial charge in [-0.1, -0.05) is 12.1 Å². The minimum atomic E-state index is -2.81. The van der Waals surface area contributed by atoms with Crippen LogP contribution in [0.4, 0.5) is 8.78 Å². The highest BCUT2D eigenvalue weighted by atomic mass is 19.3. The van der Waals surface area contributed by atoms with Gasteiger partial charge in [-0.15, -0.1) is 0 Å². The van der Waals surface area contributed by atoms with Crippen LogP contribution in [0.1, 0.15) is 31.4 Å². The van der Waals surface area contributed by atoms with Crippen molar-refractivity contribution in [2.24, 2.45) is 0 Å². The molecule has 122 valence electrons. The summed E-state index contributed by atoms with van der Waals surface area (Å²) in [6.07, 6.45) is -0.436. The van der Waals surface area contributed by atoms with E-state index in [1.807, 2.05) is 39.0 Å². The lowest BCUT2D eigenvalue weighted by Crippen LogP contribution is -2.40. The molecule has 2 N–H and O–H groups in total. The molecule has 1 aromatic carbocycles. The number of halogens is 2. The first-order valence-corrected chi connectivity index (χ1v) is 7.42. The number of ether oxygens (including phenoxy) is 1. The molecule has 1 saturated heterocycles. The SMILES string of the molecule is Cc1ccc(CNC(=O)C2CC(F)(F)CN2)c(OC(C)C)c1. The Hall–Kier alpha value is -1.69. The zero-order valence-corrected chi connectivity index (χ0v) is 13.1. The van der Waals surface area contributed by atoms with Crippen molar-refractivity contribution in [2.75, 3.05) is 6.54 Å². The molecule has 0 aliphatic carbocycles. The molecule has 2 rings (SSSR count). The summed E-state index contributed by atoms with van der Waals surface area (Å²) >= 11 is 0. The molecule has 1 heterocycles. The Labute approximate surface area is 129 Å². The Morgan fingerprint density at radius 1 is 1.50 bits per heavy atom. The van der Waals surface area contributed by atoms with E-state index in [-0.39, 0.29) is 12.6 Å². The van der Waals surface area contributed by atoms with Crippen LogP contribution in [-0.4, -0.2) is 30.5 Å². The largest absolute Gasteiger partial charge is 0.491 e. The molecule has 1 aromatic rings. The molecule has 1 aliphatic rings. The third-order valence-electron chi connectivity index (χ3n) is 3.46. The van der Waals surface area contributed by atoms with Crippen molar-refractivity contribution in [3.8, 4) is 5.75 Å². The molecule has 1 fully saturated rings. The predicted octanol–water partition coefficient (Wildman–Crippen LogP) is 2.40. The van der Waals surface area contributed by atoms with Gasteiger partial charge in [-0.2, -0.15) is 0 Å². The number of hydrogen-bond donors (Lipinski definition) is 2. The lowest BCUT2D eigenvalue weighted by Gasteiger charge is -2.16. The van der Waals surface area contributed by atoms with Crippen molar-refractivity contribution < 1.29 is 18.3 Å². The maximum atomic E-state index is 13.1. The van der Waals surface area contributed by atoms with E-state index in [2.05, 4.69) is 10.6 Å². The Balaban J connectivity index is 1.98. The van der Waals surface area contributed by atoms with Crippen molar-refractivity contribution in [2.45, 2.75) is 51.8 Å². The van der Waals surface area contributed by atoms with Crippen LogP contribution in [0.2, 0.25) is 0 Å². The van der Waals surface area contributed by atoms with Gasteiger partial charge in [0.1, 0.15) is 5.75 Å². The first-order chi connectivity index (χ1) is 10.3. The highest BCUT2D eigenvalue weighted by molar-refractivity contribution is 5.82. The van der Waals surface area contributed by atoms with Gasteiger partial charge in [0.15, 0.2) is 0 Å². The van der Waals surface area contributed by atoms with Crippen molar-refractivity contribution in [3.63, 3.8) is 0 Å². The summed E-state index contributed by atoms with van der Waals surface area (Å²) in [7, 11) is 0. The molecule has 6 heteroatoms. The summed E-state index contributed by atoms with van der Waals surface area (Å²) in [5.74, 6) is -2.51. The number of nitrogens with one attached hydrogen (secondary N) is 2. The third kappa shape index (κ3) is 4.40. The van der Waals surface area contributed by atoms with Crippen molar-refractivity contribution >= 4 is 5.91 Å². The van der Waals surface area contributed by atoms with E-state index in [9.17, 15) is 13.6 Å². The smallest absolute Gasteiger partial charge is 0.262 e. The average Bonchev–Trinajstić information content (AvgIpc) is 2.77. The van der Waals surface area contributed by atoms with Crippen molar-refractivity contribution in [1.82, 2.24) is 10.6 Å². The van der Waals surface area contributed by atoms with Gasteiger partial charge < -0.3 is 10.1 Å². The van der Waals surface area contributed by atoms with Crippen molar-refractivity contribution in [3.05, 3.63) is 29.3 Å². The standard InChI is InChI=1S/C16H22F2N2O2/c1-10(2)22-14-6-11(3)4-5-12(14)8-19-15(21)13-7-16(17,18)9-20-13/h4-6,10,13,20H,7-9H2,1-3H3,(H,19,21). The first kappa shape index (κ1) is 16.7. The van der Waals surface area contributed by atoms with Crippen molar-refractivity contribution in [1.29, 1.82) is 0 Å². The van der Waals surface area contributed by atoms with Gasteiger partial charge in [-0.05, 0) is 32.4 Å². The minimum absolute atomic E-state index is 0.0199. The van der Waals surface area contributed by atoms with Gasteiger partial charge in [-0.25, -0.2) is 8.78 Å². The Morgan fingerprint density at radius 3 is 2.82 bits per heavy atom. The molecule has 0 saturated carbocycles. The quantitative estimate of drug-likeness (QED) is 0.878. The number of alkyl halides is 2. The zero-order valence-electron chi connectivity index (χ0n) is 13.1. The van der Waals surface area contributed by atoms with E-state index in [0.29, 0.717) is 5.75 Å². The van der Waals surface area contributed by atoms with Gasteiger partial charge in [0.2, 0.25) is 5.91 Å². The first-order valence-electron chi connectivity index (χ1n) is 7.42. The number of carbonyl (C=O) groups excluding carboxylic acids is 1. The molecule has 1 aliphatic heterocycles. The molecule has 1 atom stereocenters. The average molecular weight is 312 g/mol. The maximum Gasteiger partial charge on any atom is 0.262 e. The molecule has 1 unspecified atom stereocenters. The van der Waals surface area contributed by atoms with Gasteiger partial charge >= 0.3 is 0 Å². The normalized spacial score (nSPS) is 20.2. The molecule has 0 radical (unpaired) electrons. The van der Waals surface area contributed by atoms with Crippen LogP contribution >= 0.6 is 0 Å². The lowest BCUT2D eigenvalue weighted by molar-refractivity contribution is -0.123. The monoisotopic (exact) mass is 312 g/mol. The van der Waals surface area contributed by atoms with E-state index in [0.717, 1.165) is 11.1 Å². The molecule has 22 heavy (non-hydrogen) atoms. The predicted molar refractivity (Wildman–Crippen MR) is 80.1 cm³/mol. The second kappa shape index (κ2) is 6.60. The second-order valence-corrected chi connectivity index (χ2v) is 5.99. The summed E-state index contributed by atoms with van der Waals surface area (Å²) in [6, 6.07) is 4.87. The molecule has 1 amide bonds. The molecule has 0 aromatic heterocycles. The van der Waals surface area contributed by atoms with Crippen LogP contribution < -0.4 is 15.4 Å². The van der Waals surface area contributed by atoms with E-state index in [1.54, 1.807) is 0 Å². The van der Waals surface area contributed by atoms with Crippen LogP contribution in [0, 0.1) is 6.92 Å². The highest BCUT2D eigenvalue weighted by Gasteiger charge is 2.42. The number of carbonyl (C=O) groups is 1. The molecule has 4 nitrogen and oxygen atoms in total. The maximum absolute atomic E-state index is 13.1. The lowest BCUT2D eigenvalue weighted by atomic mass is 10.1. The number of benzene rings is 1. The number of aryl methyl sites for hydroxylation is 1. The van der Waals surface area contributed by atoms with Crippen LogP contribution in [0.5, 0.6) is 5.75 Å². The zero-order chi connectivity index (χ0) is 16.3. The molecular formula is C16H22F2N2O2. The number of hydrogen-bond acceptors (Lipinski definition) is 3. The summed E-state index contributed by atoms with van der Waals surface area (Å²) in [5, 5.41) is 5.24. The topological polar surface area (TPSA) is 50.4 Å². The minimum Gasteiger partial charge on any atom is -0.491 e. The van der Waals surface area contributed by atoms with Crippen LogP contribution in [0.25, 0.3) is 0 Å². The van der Waals surface area contributed by atoms with Crippen LogP contribution in [0.3, 0.4) is 0 Å². The summed E-state index contributed by atoms with van der Waals surface area (Å²) in [4.78, 5) is 12.0.